The molecule has 0 radical (unpaired) electrons. The first-order chi connectivity index (χ1) is 10.4. The van der Waals surface area contributed by atoms with Gasteiger partial charge in [0.1, 0.15) is 0 Å². The lowest BCUT2D eigenvalue weighted by molar-refractivity contribution is 0.600. The third-order valence-electron chi connectivity index (χ3n) is 3.00. The molecule has 0 fully saturated rings. The standard InChI is InChI=1S/C14H11ClN2O3S2/c15-11-4-2-1-3-9(11)8-22(19,20)17-10-5-6-12-13(7-10)21-14(18)16-12/h1-7,17H,8H2,(H,16,18). The summed E-state index contributed by atoms with van der Waals surface area (Å²) in [7, 11) is -3.59. The molecule has 5 nitrogen and oxygen atoms in total. The number of nitrogens with one attached hydrogen (secondary N) is 2. The first-order valence-electron chi connectivity index (χ1n) is 6.30. The number of halogens is 1. The highest BCUT2D eigenvalue weighted by molar-refractivity contribution is 7.91. The van der Waals surface area contributed by atoms with Crippen LogP contribution in [-0.4, -0.2) is 13.4 Å². The second kappa shape index (κ2) is 5.75. The van der Waals surface area contributed by atoms with E-state index in [1.807, 2.05) is 0 Å². The summed E-state index contributed by atoms with van der Waals surface area (Å²) in [5.74, 6) is -0.214. The monoisotopic (exact) mass is 354 g/mol. The van der Waals surface area contributed by atoms with E-state index in [2.05, 4.69) is 9.71 Å². The van der Waals surface area contributed by atoms with Gasteiger partial charge in [-0.1, -0.05) is 41.1 Å². The van der Waals surface area contributed by atoms with Crippen molar-refractivity contribution in [2.45, 2.75) is 5.75 Å². The van der Waals surface area contributed by atoms with Gasteiger partial charge in [0.2, 0.25) is 10.0 Å². The molecule has 0 saturated heterocycles. The van der Waals surface area contributed by atoms with Crippen LogP contribution in [0.2, 0.25) is 5.02 Å². The molecule has 1 aromatic heterocycles. The van der Waals surface area contributed by atoms with Crippen LogP contribution < -0.4 is 9.60 Å². The summed E-state index contributed by atoms with van der Waals surface area (Å²) in [5, 5.41) is 0.409. The maximum absolute atomic E-state index is 12.2. The summed E-state index contributed by atoms with van der Waals surface area (Å²) >= 11 is 7.02. The summed E-state index contributed by atoms with van der Waals surface area (Å²) in [4.78, 5) is 13.8. The maximum Gasteiger partial charge on any atom is 0.305 e. The molecular formula is C14H11ClN2O3S2. The molecule has 0 atom stereocenters. The van der Waals surface area contributed by atoms with E-state index in [4.69, 9.17) is 11.6 Å². The number of benzene rings is 2. The van der Waals surface area contributed by atoms with E-state index in [9.17, 15) is 13.2 Å². The van der Waals surface area contributed by atoms with Gasteiger partial charge in [0.15, 0.2) is 0 Å². The molecule has 2 aromatic carbocycles. The van der Waals surface area contributed by atoms with Crippen molar-refractivity contribution in [3.8, 4) is 0 Å². The molecule has 0 unspecified atom stereocenters. The fraction of sp³-hybridized carbons (Fsp3) is 0.0714. The van der Waals surface area contributed by atoms with Crippen molar-refractivity contribution in [1.82, 2.24) is 4.98 Å². The highest BCUT2D eigenvalue weighted by Gasteiger charge is 2.14. The van der Waals surface area contributed by atoms with E-state index >= 15 is 0 Å². The Kier molecular flexibility index (Phi) is 3.94. The van der Waals surface area contributed by atoms with Gasteiger partial charge in [0, 0.05) is 5.02 Å². The number of sulfonamides is 1. The highest BCUT2D eigenvalue weighted by Crippen LogP contribution is 2.22. The third-order valence-corrected chi connectivity index (χ3v) is 5.45. The van der Waals surface area contributed by atoms with Crippen molar-refractivity contribution in [2.75, 3.05) is 4.72 Å². The van der Waals surface area contributed by atoms with Crippen LogP contribution >= 0.6 is 22.9 Å². The Hall–Kier alpha value is -1.83. The number of aromatic nitrogens is 1. The van der Waals surface area contributed by atoms with Gasteiger partial charge in [-0.2, -0.15) is 0 Å². The van der Waals surface area contributed by atoms with Crippen LogP contribution in [0.5, 0.6) is 0 Å². The molecule has 114 valence electrons. The maximum atomic E-state index is 12.2. The third kappa shape index (κ3) is 3.32. The van der Waals surface area contributed by atoms with E-state index in [1.54, 1.807) is 42.5 Å². The number of fused-ring (bicyclic) bond motifs is 1. The number of hydrogen-bond acceptors (Lipinski definition) is 4. The Bertz CT molecular complexity index is 992. The smallest absolute Gasteiger partial charge is 0.305 e. The Labute approximate surface area is 135 Å². The highest BCUT2D eigenvalue weighted by atomic mass is 35.5. The lowest BCUT2D eigenvalue weighted by Gasteiger charge is -2.09. The molecule has 0 aliphatic carbocycles. The molecule has 3 rings (SSSR count). The second-order valence-corrected chi connectivity index (χ2v) is 7.82. The van der Waals surface area contributed by atoms with E-state index in [0.717, 1.165) is 11.3 Å². The fourth-order valence-electron chi connectivity index (χ4n) is 2.04. The Morgan fingerprint density at radius 2 is 1.95 bits per heavy atom. The molecule has 3 aromatic rings. The largest absolute Gasteiger partial charge is 0.312 e. The van der Waals surface area contributed by atoms with Crippen LogP contribution in [0.4, 0.5) is 5.69 Å². The SMILES string of the molecule is O=c1[nH]c2ccc(NS(=O)(=O)Cc3ccccc3Cl)cc2s1. The molecule has 0 aliphatic heterocycles. The van der Waals surface area contributed by atoms with E-state index in [-0.39, 0.29) is 10.6 Å². The second-order valence-electron chi connectivity index (χ2n) is 4.68. The van der Waals surface area contributed by atoms with Crippen LogP contribution in [0, 0.1) is 0 Å². The molecule has 0 bridgehead atoms. The van der Waals surface area contributed by atoms with E-state index in [1.165, 1.54) is 0 Å². The predicted molar refractivity (Wildman–Crippen MR) is 90.1 cm³/mol. The van der Waals surface area contributed by atoms with Crippen LogP contribution in [0.25, 0.3) is 10.2 Å². The van der Waals surface area contributed by atoms with Crippen molar-refractivity contribution in [3.63, 3.8) is 0 Å². The van der Waals surface area contributed by atoms with Crippen molar-refractivity contribution < 1.29 is 8.42 Å². The minimum absolute atomic E-state index is 0.175. The fourth-order valence-corrected chi connectivity index (χ4v) is 4.32. The van der Waals surface area contributed by atoms with Crippen molar-refractivity contribution in [3.05, 3.63) is 62.7 Å². The number of H-pyrrole nitrogens is 1. The first kappa shape index (κ1) is 15.1. The van der Waals surface area contributed by atoms with Crippen LogP contribution in [0.3, 0.4) is 0 Å². The van der Waals surface area contributed by atoms with Gasteiger partial charge in [-0.05, 0) is 29.8 Å². The average Bonchev–Trinajstić information content (AvgIpc) is 2.80. The van der Waals surface area contributed by atoms with Gasteiger partial charge < -0.3 is 4.98 Å². The molecular weight excluding hydrogens is 344 g/mol. The lowest BCUT2D eigenvalue weighted by atomic mass is 10.2. The average molecular weight is 355 g/mol. The Morgan fingerprint density at radius 1 is 1.18 bits per heavy atom. The summed E-state index contributed by atoms with van der Waals surface area (Å²) in [6.45, 7) is 0. The number of aromatic amines is 1. The van der Waals surface area contributed by atoms with Crippen molar-refractivity contribution in [1.29, 1.82) is 0 Å². The van der Waals surface area contributed by atoms with Gasteiger partial charge >= 0.3 is 4.87 Å². The van der Waals surface area contributed by atoms with E-state index in [0.29, 0.717) is 26.5 Å². The Balaban J connectivity index is 1.86. The quantitative estimate of drug-likeness (QED) is 0.755. The summed E-state index contributed by atoms with van der Waals surface area (Å²) in [6.07, 6.45) is 0. The number of thiazole rings is 1. The molecule has 0 spiro atoms. The summed E-state index contributed by atoms with van der Waals surface area (Å²) < 4.78 is 27.7. The van der Waals surface area contributed by atoms with Crippen LogP contribution in [-0.2, 0) is 15.8 Å². The molecule has 0 amide bonds. The first-order valence-corrected chi connectivity index (χ1v) is 9.14. The number of rotatable bonds is 4. The molecule has 8 heteroatoms. The van der Waals surface area contributed by atoms with E-state index < -0.39 is 10.0 Å². The summed E-state index contributed by atoms with van der Waals surface area (Å²) in [5.41, 5.74) is 1.63. The molecule has 1 heterocycles. The molecule has 0 saturated carbocycles. The molecule has 22 heavy (non-hydrogen) atoms. The van der Waals surface area contributed by atoms with Gasteiger partial charge in [-0.15, -0.1) is 0 Å². The minimum Gasteiger partial charge on any atom is -0.312 e. The molecule has 2 N–H and O–H groups in total. The van der Waals surface area contributed by atoms with Gasteiger partial charge in [0.05, 0.1) is 21.7 Å². The van der Waals surface area contributed by atoms with Gasteiger partial charge in [0.25, 0.3) is 0 Å². The Morgan fingerprint density at radius 3 is 2.73 bits per heavy atom. The van der Waals surface area contributed by atoms with Gasteiger partial charge in [-0.3, -0.25) is 9.52 Å². The zero-order valence-electron chi connectivity index (χ0n) is 11.2. The zero-order valence-corrected chi connectivity index (χ0v) is 13.6. The van der Waals surface area contributed by atoms with Crippen LogP contribution in [0.15, 0.2) is 47.3 Å². The van der Waals surface area contributed by atoms with Crippen molar-refractivity contribution in [2.24, 2.45) is 0 Å². The topological polar surface area (TPSA) is 79.0 Å². The summed E-state index contributed by atoms with van der Waals surface area (Å²) in [6, 6.07) is 11.7. The molecule has 0 aliphatic rings. The van der Waals surface area contributed by atoms with Crippen LogP contribution in [0.1, 0.15) is 5.56 Å². The lowest BCUT2D eigenvalue weighted by Crippen LogP contribution is -2.15. The zero-order chi connectivity index (χ0) is 15.7. The number of anilines is 1. The van der Waals surface area contributed by atoms with Crippen molar-refractivity contribution >= 4 is 48.9 Å². The normalized spacial score (nSPS) is 11.7. The number of hydrogen-bond donors (Lipinski definition) is 2. The predicted octanol–water partition coefficient (Wildman–Crippen LogP) is 3.18. The van der Waals surface area contributed by atoms with Gasteiger partial charge in [-0.25, -0.2) is 8.42 Å². The minimum atomic E-state index is -3.59.